The quantitative estimate of drug-likeness (QED) is 0.193. The van der Waals surface area contributed by atoms with Gasteiger partial charge >= 0.3 is 26.2 Å². The molecular formula is C39H64Si2Zr. The third kappa shape index (κ3) is 7.93. The Bertz CT molecular complexity index is 996. The van der Waals surface area contributed by atoms with Crippen LogP contribution in [0.1, 0.15) is 91.4 Å². The van der Waals surface area contributed by atoms with E-state index in [9.17, 15) is 0 Å². The van der Waals surface area contributed by atoms with E-state index in [1.54, 1.807) is 12.8 Å². The molecule has 4 saturated carbocycles. The van der Waals surface area contributed by atoms with Gasteiger partial charge in [0.2, 0.25) is 0 Å². The van der Waals surface area contributed by atoms with Gasteiger partial charge in [0.15, 0.2) is 0 Å². The summed E-state index contributed by atoms with van der Waals surface area (Å²) in [7, 11) is -2.30. The molecule has 42 heavy (non-hydrogen) atoms. The van der Waals surface area contributed by atoms with Crippen LogP contribution in [0.4, 0.5) is 0 Å². The van der Waals surface area contributed by atoms with E-state index < -0.39 is 16.6 Å². The molecule has 0 spiro atoms. The van der Waals surface area contributed by atoms with Gasteiger partial charge in [0, 0.05) is 0 Å². The Balaban J connectivity index is 0.00000176. The molecule has 0 saturated heterocycles. The molecule has 0 heterocycles. The minimum Gasteiger partial charge on any atom is -0.358 e. The summed E-state index contributed by atoms with van der Waals surface area (Å²) in [6.45, 7) is 7.78. The summed E-state index contributed by atoms with van der Waals surface area (Å²) in [4.78, 5) is 0. The van der Waals surface area contributed by atoms with Crippen LogP contribution >= 0.6 is 0 Å². The van der Waals surface area contributed by atoms with Crippen molar-refractivity contribution in [2.75, 3.05) is 0 Å². The largest absolute Gasteiger partial charge is 4.00 e. The Morgan fingerprint density at radius 1 is 0.667 bits per heavy atom. The van der Waals surface area contributed by atoms with E-state index in [2.05, 4.69) is 81.4 Å². The first kappa shape index (κ1) is 39.8. The molecule has 6 rings (SSSR count). The van der Waals surface area contributed by atoms with E-state index in [4.69, 9.17) is 0 Å². The molecule has 3 heteroatoms. The fraction of sp³-hybridized carbons (Fsp3) is 0.590. The number of hydrogen-bond donors (Lipinski definition) is 0. The summed E-state index contributed by atoms with van der Waals surface area (Å²) < 4.78 is 0. The summed E-state index contributed by atoms with van der Waals surface area (Å²) in [6, 6.07) is 24.5. The number of fused-ring (bicyclic) bond motifs is 2. The van der Waals surface area contributed by atoms with Gasteiger partial charge in [-0.25, -0.2) is 0 Å². The molecule has 11 atom stereocenters. The standard InChI is InChI=1S/C35H52Si2.4CH3.Zr/c1-4-5-13-27-20-21-31(23-27)36(29-15-8-6-9-16-29)37(30-17-10-7-11-18-30)35-25(2)22-33-26(3)32-19-12-14-28(32)24-34(33)35;;;;;/h6-11,15-18,25-28,31-37H,4-5,12-14,19-24H2,1-3H3;4*1H3;/q;4*-1;+4. The van der Waals surface area contributed by atoms with Gasteiger partial charge in [0.25, 0.3) is 0 Å². The van der Waals surface area contributed by atoms with Crippen LogP contribution in [0, 0.1) is 71.1 Å². The first-order valence-corrected chi connectivity index (χ1v) is 21.4. The second-order valence-electron chi connectivity index (χ2n) is 14.0. The number of rotatable bonds is 8. The third-order valence-corrected chi connectivity index (χ3v) is 26.5. The maximum atomic E-state index is 2.71. The number of unbranched alkanes of at least 4 members (excludes halogenated alkanes) is 1. The van der Waals surface area contributed by atoms with Crippen molar-refractivity contribution in [3.05, 3.63) is 90.4 Å². The maximum absolute atomic E-state index is 2.71. The minimum atomic E-state index is -1.17. The van der Waals surface area contributed by atoms with Crippen molar-refractivity contribution in [1.29, 1.82) is 0 Å². The van der Waals surface area contributed by atoms with E-state index in [0.717, 1.165) is 52.5 Å². The third-order valence-electron chi connectivity index (χ3n) is 12.2. The van der Waals surface area contributed by atoms with Gasteiger partial charge in [-0.1, -0.05) is 143 Å². The molecule has 0 aromatic heterocycles. The summed E-state index contributed by atoms with van der Waals surface area (Å²) in [5, 5.41) is 3.68. The van der Waals surface area contributed by atoms with Crippen molar-refractivity contribution in [2.45, 2.75) is 102 Å². The van der Waals surface area contributed by atoms with Crippen LogP contribution in [-0.4, -0.2) is 16.6 Å². The zero-order valence-corrected chi connectivity index (χ0v) is 33.2. The molecule has 0 bridgehead atoms. The van der Waals surface area contributed by atoms with E-state index in [0.29, 0.717) is 0 Å². The van der Waals surface area contributed by atoms with E-state index in [1.165, 1.54) is 57.8 Å². The van der Waals surface area contributed by atoms with Crippen LogP contribution in [-0.2, 0) is 26.2 Å². The summed E-state index contributed by atoms with van der Waals surface area (Å²) in [5.41, 5.74) is 2.07. The molecule has 11 unspecified atom stereocenters. The molecule has 0 nitrogen and oxygen atoms in total. The molecule has 0 aliphatic heterocycles. The van der Waals surface area contributed by atoms with Gasteiger partial charge in [-0.05, 0) is 71.8 Å². The normalized spacial score (nSPS) is 34.1. The van der Waals surface area contributed by atoms with Crippen molar-refractivity contribution < 1.29 is 26.2 Å². The topological polar surface area (TPSA) is 0 Å². The molecule has 232 valence electrons. The van der Waals surface area contributed by atoms with Crippen LogP contribution in [0.5, 0.6) is 0 Å². The molecule has 2 aromatic rings. The molecule has 0 amide bonds. The van der Waals surface area contributed by atoms with Crippen molar-refractivity contribution in [3.63, 3.8) is 0 Å². The van der Waals surface area contributed by atoms with E-state index >= 15 is 0 Å². The fourth-order valence-corrected chi connectivity index (χ4v) is 28.1. The Kier molecular flexibility index (Phi) is 17.1. The fourth-order valence-electron chi connectivity index (χ4n) is 10.7. The predicted molar refractivity (Wildman–Crippen MR) is 192 cm³/mol. The Labute approximate surface area is 285 Å². The van der Waals surface area contributed by atoms with Gasteiger partial charge in [-0.3, -0.25) is 0 Å². The van der Waals surface area contributed by atoms with Crippen LogP contribution < -0.4 is 10.4 Å². The molecule has 4 aliphatic rings. The van der Waals surface area contributed by atoms with Crippen LogP contribution in [0.3, 0.4) is 0 Å². The zero-order valence-electron chi connectivity index (χ0n) is 28.4. The van der Waals surface area contributed by atoms with Crippen LogP contribution in [0.2, 0.25) is 11.1 Å². The molecule has 4 aliphatic carbocycles. The number of benzene rings is 2. The van der Waals surface area contributed by atoms with Crippen molar-refractivity contribution in [1.82, 2.24) is 0 Å². The smallest absolute Gasteiger partial charge is 0.358 e. The number of hydrogen-bond acceptors (Lipinski definition) is 0. The average molecular weight is 680 g/mol. The second-order valence-corrected chi connectivity index (χ2v) is 23.5. The zero-order chi connectivity index (χ0) is 25.4. The molecular weight excluding hydrogens is 616 g/mol. The van der Waals surface area contributed by atoms with Gasteiger partial charge < -0.3 is 29.7 Å². The monoisotopic (exact) mass is 678 g/mol. The summed E-state index contributed by atoms with van der Waals surface area (Å²) in [6.07, 6.45) is 16.6. The Morgan fingerprint density at radius 3 is 1.90 bits per heavy atom. The van der Waals surface area contributed by atoms with Crippen molar-refractivity contribution >= 4 is 27.0 Å². The van der Waals surface area contributed by atoms with Gasteiger partial charge in [-0.15, -0.1) is 0 Å². The van der Waals surface area contributed by atoms with E-state index in [1.807, 2.05) is 10.4 Å². The van der Waals surface area contributed by atoms with Crippen LogP contribution in [0.25, 0.3) is 0 Å². The predicted octanol–water partition coefficient (Wildman–Crippen LogP) is 9.59. The Morgan fingerprint density at radius 2 is 1.29 bits per heavy atom. The average Bonchev–Trinajstić information content (AvgIpc) is 3.67. The SMILES string of the molecule is CCCCC1CCC([SiH](c2ccccc2)[SiH](c2ccccc2)C2C(C)CC3C(C)C4CCCC4CC32)C1.[CH3-].[CH3-].[CH3-].[CH3-].[Zr+4]. The molecule has 2 aromatic carbocycles. The minimum absolute atomic E-state index is 0. The first-order chi connectivity index (χ1) is 18.2. The van der Waals surface area contributed by atoms with E-state index in [-0.39, 0.29) is 55.9 Å². The van der Waals surface area contributed by atoms with Gasteiger partial charge in [0.1, 0.15) is 0 Å². The van der Waals surface area contributed by atoms with Crippen LogP contribution in [0.15, 0.2) is 60.7 Å². The van der Waals surface area contributed by atoms with Gasteiger partial charge in [-0.2, -0.15) is 0 Å². The Hall–Kier alpha value is -0.243. The second kappa shape index (κ2) is 18.0. The maximum Gasteiger partial charge on any atom is 4.00 e. The summed E-state index contributed by atoms with van der Waals surface area (Å²) in [5.74, 6) is 7.07. The molecule has 0 N–H and O–H groups in total. The van der Waals surface area contributed by atoms with Crippen molar-refractivity contribution in [2.24, 2.45) is 41.4 Å². The van der Waals surface area contributed by atoms with Crippen molar-refractivity contribution in [3.8, 4) is 0 Å². The molecule has 4 fully saturated rings. The first-order valence-electron chi connectivity index (χ1n) is 16.3. The summed E-state index contributed by atoms with van der Waals surface area (Å²) >= 11 is 0. The molecule has 0 radical (unpaired) electrons. The van der Waals surface area contributed by atoms with Gasteiger partial charge in [0.05, 0.1) is 16.6 Å².